The SMILES string of the molecule is CC(C)Oc1ccc([C@]2(C)NC(=O)NC2=O)cc1Br. The molecule has 102 valence electrons. The summed E-state index contributed by atoms with van der Waals surface area (Å²) in [6, 6.07) is 4.85. The number of carbonyl (C=O) groups is 2. The fraction of sp³-hybridized carbons (Fsp3) is 0.385. The Balaban J connectivity index is 2.34. The molecule has 0 aromatic heterocycles. The highest BCUT2D eigenvalue weighted by Crippen LogP contribution is 2.32. The van der Waals surface area contributed by atoms with E-state index in [4.69, 9.17) is 4.74 Å². The number of rotatable bonds is 3. The molecule has 1 aliphatic heterocycles. The fourth-order valence-electron chi connectivity index (χ4n) is 1.91. The molecular formula is C13H15BrN2O3. The van der Waals surface area contributed by atoms with E-state index in [1.54, 1.807) is 25.1 Å². The number of urea groups is 1. The maximum atomic E-state index is 11.8. The van der Waals surface area contributed by atoms with Crippen molar-refractivity contribution < 1.29 is 14.3 Å². The molecule has 0 saturated carbocycles. The molecule has 0 unspecified atom stereocenters. The van der Waals surface area contributed by atoms with Gasteiger partial charge in [0.2, 0.25) is 0 Å². The Kier molecular flexibility index (Phi) is 3.54. The van der Waals surface area contributed by atoms with Crippen LogP contribution >= 0.6 is 15.9 Å². The lowest BCUT2D eigenvalue weighted by molar-refractivity contribution is -0.123. The van der Waals surface area contributed by atoms with E-state index in [1.165, 1.54) is 0 Å². The second-order valence-electron chi connectivity index (χ2n) is 4.85. The topological polar surface area (TPSA) is 67.4 Å². The van der Waals surface area contributed by atoms with Crippen molar-refractivity contribution in [2.24, 2.45) is 0 Å². The van der Waals surface area contributed by atoms with E-state index in [9.17, 15) is 9.59 Å². The van der Waals surface area contributed by atoms with Gasteiger partial charge in [0.1, 0.15) is 11.3 Å². The van der Waals surface area contributed by atoms with Crippen molar-refractivity contribution in [1.82, 2.24) is 10.6 Å². The number of imide groups is 1. The average Bonchev–Trinajstić information content (AvgIpc) is 2.56. The lowest BCUT2D eigenvalue weighted by Gasteiger charge is -2.22. The van der Waals surface area contributed by atoms with Crippen molar-refractivity contribution in [3.8, 4) is 5.75 Å². The van der Waals surface area contributed by atoms with Gasteiger partial charge in [0, 0.05) is 0 Å². The molecule has 2 rings (SSSR count). The Labute approximate surface area is 119 Å². The molecule has 0 bridgehead atoms. The average molecular weight is 327 g/mol. The number of benzene rings is 1. The van der Waals surface area contributed by atoms with E-state index in [1.807, 2.05) is 13.8 Å². The summed E-state index contributed by atoms with van der Waals surface area (Å²) in [5.74, 6) is 0.342. The van der Waals surface area contributed by atoms with Gasteiger partial charge < -0.3 is 10.1 Å². The van der Waals surface area contributed by atoms with Crippen LogP contribution in [0.5, 0.6) is 5.75 Å². The van der Waals surface area contributed by atoms with E-state index in [2.05, 4.69) is 26.6 Å². The van der Waals surface area contributed by atoms with Crippen LogP contribution < -0.4 is 15.4 Å². The summed E-state index contributed by atoms with van der Waals surface area (Å²) in [6.07, 6.45) is 0.0622. The largest absolute Gasteiger partial charge is 0.490 e. The van der Waals surface area contributed by atoms with E-state index in [-0.39, 0.29) is 12.0 Å². The Morgan fingerprint density at radius 1 is 1.32 bits per heavy atom. The van der Waals surface area contributed by atoms with Crippen LogP contribution in [0.25, 0.3) is 0 Å². The fourth-order valence-corrected chi connectivity index (χ4v) is 2.38. The lowest BCUT2D eigenvalue weighted by Crippen LogP contribution is -2.40. The number of ether oxygens (including phenoxy) is 1. The predicted octanol–water partition coefficient (Wildman–Crippen LogP) is 2.29. The van der Waals surface area contributed by atoms with Crippen molar-refractivity contribution >= 4 is 27.9 Å². The molecule has 3 amide bonds. The van der Waals surface area contributed by atoms with Gasteiger partial charge in [-0.2, -0.15) is 0 Å². The van der Waals surface area contributed by atoms with Gasteiger partial charge in [-0.3, -0.25) is 10.1 Å². The summed E-state index contributed by atoms with van der Waals surface area (Å²) >= 11 is 3.41. The zero-order valence-electron chi connectivity index (χ0n) is 10.9. The normalized spacial score (nSPS) is 22.4. The summed E-state index contributed by atoms with van der Waals surface area (Å²) in [5.41, 5.74) is -0.352. The predicted molar refractivity (Wildman–Crippen MR) is 73.9 cm³/mol. The van der Waals surface area contributed by atoms with Crippen molar-refractivity contribution in [1.29, 1.82) is 0 Å². The summed E-state index contributed by atoms with van der Waals surface area (Å²) in [6.45, 7) is 5.54. The highest BCUT2D eigenvalue weighted by Gasteiger charge is 2.43. The smallest absolute Gasteiger partial charge is 0.322 e. The Morgan fingerprint density at radius 2 is 2.00 bits per heavy atom. The van der Waals surface area contributed by atoms with Crippen molar-refractivity contribution in [3.05, 3.63) is 28.2 Å². The van der Waals surface area contributed by atoms with E-state index in [0.29, 0.717) is 11.3 Å². The Hall–Kier alpha value is -1.56. The van der Waals surface area contributed by atoms with Crippen LogP contribution in [0, 0.1) is 0 Å². The van der Waals surface area contributed by atoms with Gasteiger partial charge in [-0.05, 0) is 54.4 Å². The molecule has 5 nitrogen and oxygen atoms in total. The van der Waals surface area contributed by atoms with Crippen molar-refractivity contribution in [2.45, 2.75) is 32.4 Å². The van der Waals surface area contributed by atoms with Crippen molar-refractivity contribution in [2.75, 3.05) is 0 Å². The van der Waals surface area contributed by atoms with Gasteiger partial charge in [0.05, 0.1) is 10.6 Å². The lowest BCUT2D eigenvalue weighted by atomic mass is 9.92. The highest BCUT2D eigenvalue weighted by molar-refractivity contribution is 9.10. The minimum atomic E-state index is -1.05. The Morgan fingerprint density at radius 3 is 2.47 bits per heavy atom. The molecule has 19 heavy (non-hydrogen) atoms. The first-order valence-electron chi connectivity index (χ1n) is 5.93. The first-order valence-corrected chi connectivity index (χ1v) is 6.72. The standard InChI is InChI=1S/C13H15BrN2O3/c1-7(2)19-10-5-4-8(6-9(10)14)13(3)11(17)15-12(18)16-13/h4-7H,1-3H3,(H2,15,16,17,18)/t13-/m0/s1. The molecule has 1 saturated heterocycles. The first-order chi connectivity index (χ1) is 8.83. The maximum Gasteiger partial charge on any atom is 0.322 e. The molecule has 0 spiro atoms. The minimum absolute atomic E-state index is 0.0622. The molecule has 0 aliphatic carbocycles. The minimum Gasteiger partial charge on any atom is -0.490 e. The molecule has 1 aromatic rings. The van der Waals surface area contributed by atoms with Crippen LogP contribution in [0.1, 0.15) is 26.3 Å². The third-order valence-corrected chi connectivity index (χ3v) is 3.54. The third-order valence-electron chi connectivity index (χ3n) is 2.92. The number of hydrogen-bond donors (Lipinski definition) is 2. The van der Waals surface area contributed by atoms with Gasteiger partial charge in [0.25, 0.3) is 5.91 Å². The second kappa shape index (κ2) is 4.85. The van der Waals surface area contributed by atoms with E-state index >= 15 is 0 Å². The van der Waals surface area contributed by atoms with Crippen LogP contribution in [0.15, 0.2) is 22.7 Å². The molecule has 1 atom stereocenters. The highest BCUT2D eigenvalue weighted by atomic mass is 79.9. The van der Waals surface area contributed by atoms with Gasteiger partial charge in [0.15, 0.2) is 0 Å². The number of carbonyl (C=O) groups excluding carboxylic acids is 2. The number of hydrogen-bond acceptors (Lipinski definition) is 3. The molecule has 2 N–H and O–H groups in total. The van der Waals surface area contributed by atoms with Crippen molar-refractivity contribution in [3.63, 3.8) is 0 Å². The summed E-state index contributed by atoms with van der Waals surface area (Å²) in [4.78, 5) is 23.1. The van der Waals surface area contributed by atoms with Gasteiger partial charge in [-0.15, -0.1) is 0 Å². The summed E-state index contributed by atoms with van der Waals surface area (Å²) < 4.78 is 6.35. The number of amides is 3. The van der Waals surface area contributed by atoms with Crippen LogP contribution in [0.3, 0.4) is 0 Å². The molecule has 1 fully saturated rings. The van der Waals surface area contributed by atoms with Crippen LogP contribution in [0.2, 0.25) is 0 Å². The molecule has 6 heteroatoms. The second-order valence-corrected chi connectivity index (χ2v) is 5.70. The van der Waals surface area contributed by atoms with E-state index < -0.39 is 11.6 Å². The van der Waals surface area contributed by atoms with E-state index in [0.717, 1.165) is 4.47 Å². The zero-order valence-corrected chi connectivity index (χ0v) is 12.5. The quantitative estimate of drug-likeness (QED) is 0.837. The van der Waals surface area contributed by atoms with Gasteiger partial charge >= 0.3 is 6.03 Å². The molecule has 1 aromatic carbocycles. The third kappa shape index (κ3) is 2.58. The molecule has 0 radical (unpaired) electrons. The van der Waals surface area contributed by atoms with Crippen LogP contribution in [-0.2, 0) is 10.3 Å². The number of nitrogens with one attached hydrogen (secondary N) is 2. The van der Waals surface area contributed by atoms with Gasteiger partial charge in [-0.25, -0.2) is 4.79 Å². The Bertz CT molecular complexity index is 545. The molecular weight excluding hydrogens is 312 g/mol. The number of halogens is 1. The van der Waals surface area contributed by atoms with Gasteiger partial charge in [-0.1, -0.05) is 6.07 Å². The summed E-state index contributed by atoms with van der Waals surface area (Å²) in [5, 5.41) is 4.86. The monoisotopic (exact) mass is 326 g/mol. The van der Waals surface area contributed by atoms with Crippen LogP contribution in [0.4, 0.5) is 4.79 Å². The van der Waals surface area contributed by atoms with Crippen LogP contribution in [-0.4, -0.2) is 18.0 Å². The molecule has 1 aliphatic rings. The first kappa shape index (κ1) is 13.9. The molecule has 1 heterocycles. The summed E-state index contributed by atoms with van der Waals surface area (Å²) in [7, 11) is 0. The zero-order chi connectivity index (χ0) is 14.2. The maximum absolute atomic E-state index is 11.8.